The Morgan fingerprint density at radius 3 is 2.58 bits per heavy atom. The number of carbonyl (C=O) groups excluding carboxylic acids is 3. The van der Waals surface area contributed by atoms with E-state index < -0.39 is 41.1 Å². The Hall–Kier alpha value is -3.49. The molecule has 0 radical (unpaired) electrons. The van der Waals surface area contributed by atoms with Gasteiger partial charge in [-0.2, -0.15) is 0 Å². The van der Waals surface area contributed by atoms with Crippen LogP contribution in [0.3, 0.4) is 0 Å². The zero-order valence-corrected chi connectivity index (χ0v) is 23.0. The van der Waals surface area contributed by atoms with Gasteiger partial charge in [0.2, 0.25) is 5.91 Å². The SMILES string of the molecule is CC[C@@H](CO)N1C(=O)[C@@H]2[C@H]3C(=O)OCCCC/C=C\[C@@]3(C)O[C@@]23C=CCN(c2ccc4ccccc4c2)C(=O)C13. The van der Waals surface area contributed by atoms with Gasteiger partial charge in [-0.05, 0) is 55.5 Å². The largest absolute Gasteiger partial charge is 0.465 e. The fourth-order valence-electron chi connectivity index (χ4n) is 7.12. The van der Waals surface area contributed by atoms with Crippen molar-refractivity contribution in [2.24, 2.45) is 11.8 Å². The average molecular weight is 545 g/mol. The van der Waals surface area contributed by atoms with E-state index in [0.717, 1.165) is 30.0 Å². The first-order chi connectivity index (χ1) is 19.3. The normalized spacial score (nSPS) is 33.7. The number of rotatable bonds is 4. The lowest BCUT2D eigenvalue weighted by atomic mass is 9.74. The minimum absolute atomic E-state index is 0.277. The molecule has 1 unspecified atom stereocenters. The zero-order valence-electron chi connectivity index (χ0n) is 23.0. The van der Waals surface area contributed by atoms with Crippen LogP contribution in [0.15, 0.2) is 66.8 Å². The molecule has 1 N–H and O–H groups in total. The molecule has 4 aliphatic heterocycles. The fourth-order valence-corrected chi connectivity index (χ4v) is 7.12. The summed E-state index contributed by atoms with van der Waals surface area (Å²) < 4.78 is 12.5. The summed E-state index contributed by atoms with van der Waals surface area (Å²) >= 11 is 0. The van der Waals surface area contributed by atoms with E-state index in [4.69, 9.17) is 9.47 Å². The number of cyclic esters (lactones) is 1. The predicted octanol–water partition coefficient (Wildman–Crippen LogP) is 3.77. The maximum absolute atomic E-state index is 14.6. The molecule has 2 saturated heterocycles. The fraction of sp³-hybridized carbons (Fsp3) is 0.469. The summed E-state index contributed by atoms with van der Waals surface area (Å²) in [5, 5.41) is 12.4. The standard InChI is InChI=1S/C32H36N2O6/c1-3-23(20-35)34-27-29(37)33(24-14-13-21-11-6-7-12-22(21)19-24)17-10-16-32(27)25(28(34)36)26-30(38)39-18-9-5-4-8-15-31(26,2)40-32/h6-8,10-16,19,23,25-27,35H,3-5,9,17-18,20H2,1-2H3/b15-8-/t23-,25-,26-,27?,31+,32-/m0/s1. The number of anilines is 1. The first-order valence-electron chi connectivity index (χ1n) is 14.3. The summed E-state index contributed by atoms with van der Waals surface area (Å²) in [7, 11) is 0. The predicted molar refractivity (Wildman–Crippen MR) is 150 cm³/mol. The van der Waals surface area contributed by atoms with Crippen molar-refractivity contribution in [2.45, 2.75) is 62.8 Å². The number of allylic oxidation sites excluding steroid dienone is 1. The molecule has 4 aliphatic rings. The van der Waals surface area contributed by atoms with Gasteiger partial charge in [-0.3, -0.25) is 14.4 Å². The Morgan fingerprint density at radius 2 is 1.80 bits per heavy atom. The number of carbonyl (C=O) groups is 3. The van der Waals surface area contributed by atoms with Crippen LogP contribution >= 0.6 is 0 Å². The number of ether oxygens (including phenoxy) is 2. The van der Waals surface area contributed by atoms with Crippen LogP contribution in [0.5, 0.6) is 0 Å². The Morgan fingerprint density at radius 1 is 1.00 bits per heavy atom. The van der Waals surface area contributed by atoms with Crippen molar-refractivity contribution in [3.63, 3.8) is 0 Å². The van der Waals surface area contributed by atoms with Gasteiger partial charge in [-0.1, -0.05) is 61.6 Å². The Balaban J connectivity index is 1.49. The van der Waals surface area contributed by atoms with Crippen molar-refractivity contribution in [3.8, 4) is 0 Å². The molecule has 2 fully saturated rings. The van der Waals surface area contributed by atoms with Gasteiger partial charge in [0.05, 0.1) is 30.8 Å². The number of nitrogens with zero attached hydrogens (tertiary/aromatic N) is 2. The highest BCUT2D eigenvalue weighted by molar-refractivity contribution is 6.06. The molecule has 8 heteroatoms. The highest BCUT2D eigenvalue weighted by atomic mass is 16.6. The number of esters is 1. The lowest BCUT2D eigenvalue weighted by Crippen LogP contribution is -2.58. The number of benzene rings is 2. The lowest BCUT2D eigenvalue weighted by Gasteiger charge is -2.40. The van der Waals surface area contributed by atoms with Crippen LogP contribution in [0.4, 0.5) is 5.69 Å². The highest BCUT2D eigenvalue weighted by Crippen LogP contribution is 2.57. The van der Waals surface area contributed by atoms with Crippen molar-refractivity contribution >= 4 is 34.2 Å². The summed E-state index contributed by atoms with van der Waals surface area (Å²) in [5.41, 5.74) is -1.82. The van der Waals surface area contributed by atoms with E-state index >= 15 is 0 Å². The van der Waals surface area contributed by atoms with E-state index in [0.29, 0.717) is 12.1 Å². The maximum Gasteiger partial charge on any atom is 0.313 e. The molecule has 4 heterocycles. The minimum atomic E-state index is -1.39. The molecule has 40 heavy (non-hydrogen) atoms. The topological polar surface area (TPSA) is 96.4 Å². The molecule has 0 aromatic heterocycles. The first-order valence-corrected chi connectivity index (χ1v) is 14.3. The first kappa shape index (κ1) is 26.7. The van der Waals surface area contributed by atoms with Crippen molar-refractivity contribution in [1.29, 1.82) is 0 Å². The van der Waals surface area contributed by atoms with Crippen molar-refractivity contribution in [2.75, 3.05) is 24.7 Å². The summed E-state index contributed by atoms with van der Waals surface area (Å²) in [6, 6.07) is 12.1. The number of aliphatic hydroxyl groups excluding tert-OH is 1. The van der Waals surface area contributed by atoms with Gasteiger partial charge in [-0.15, -0.1) is 0 Å². The van der Waals surface area contributed by atoms with Crippen LogP contribution in [0.25, 0.3) is 10.8 Å². The molecule has 0 saturated carbocycles. The van der Waals surface area contributed by atoms with Gasteiger partial charge in [0, 0.05) is 12.2 Å². The number of hydrogen-bond acceptors (Lipinski definition) is 6. The number of likely N-dealkylation sites (tertiary alicyclic amines) is 1. The van der Waals surface area contributed by atoms with E-state index in [1.54, 1.807) is 4.90 Å². The second-order valence-corrected chi connectivity index (χ2v) is 11.4. The van der Waals surface area contributed by atoms with Gasteiger partial charge < -0.3 is 24.4 Å². The molecule has 6 atom stereocenters. The van der Waals surface area contributed by atoms with Gasteiger partial charge in [0.1, 0.15) is 17.6 Å². The van der Waals surface area contributed by atoms with Crippen LogP contribution in [-0.4, -0.2) is 70.8 Å². The minimum Gasteiger partial charge on any atom is -0.465 e. The molecule has 0 bridgehead atoms. The molecule has 210 valence electrons. The average Bonchev–Trinajstić information content (AvgIpc) is 3.28. The van der Waals surface area contributed by atoms with Gasteiger partial charge in [-0.25, -0.2) is 0 Å². The van der Waals surface area contributed by atoms with Crippen LogP contribution in [0.2, 0.25) is 0 Å². The molecular formula is C32H36N2O6. The quantitative estimate of drug-likeness (QED) is 0.465. The van der Waals surface area contributed by atoms with Crippen molar-refractivity contribution < 1.29 is 29.0 Å². The zero-order chi connectivity index (χ0) is 28.1. The van der Waals surface area contributed by atoms with E-state index in [1.807, 2.05) is 80.6 Å². The number of hydrogen-bond donors (Lipinski definition) is 1. The van der Waals surface area contributed by atoms with Crippen LogP contribution in [0.1, 0.15) is 39.5 Å². The molecule has 2 aromatic rings. The summed E-state index contributed by atoms with van der Waals surface area (Å²) in [6.07, 6.45) is 10.4. The number of fused-ring (bicyclic) bond motifs is 3. The maximum atomic E-state index is 14.6. The molecule has 0 aliphatic carbocycles. The number of amides is 2. The summed E-state index contributed by atoms with van der Waals surface area (Å²) in [4.78, 5) is 45.8. The van der Waals surface area contributed by atoms with Crippen molar-refractivity contribution in [3.05, 3.63) is 66.8 Å². The van der Waals surface area contributed by atoms with Gasteiger partial charge in [0.25, 0.3) is 5.91 Å². The van der Waals surface area contributed by atoms with E-state index in [-0.39, 0.29) is 31.6 Å². The highest BCUT2D eigenvalue weighted by Gasteiger charge is 2.75. The van der Waals surface area contributed by atoms with Gasteiger partial charge in [0.15, 0.2) is 0 Å². The number of aliphatic hydroxyl groups is 1. The smallest absolute Gasteiger partial charge is 0.313 e. The van der Waals surface area contributed by atoms with Crippen molar-refractivity contribution in [1.82, 2.24) is 4.90 Å². The molecule has 6 rings (SSSR count). The molecular weight excluding hydrogens is 508 g/mol. The third kappa shape index (κ3) is 3.99. The van der Waals surface area contributed by atoms with Gasteiger partial charge >= 0.3 is 5.97 Å². The Labute approximate surface area is 234 Å². The Bertz CT molecular complexity index is 1400. The second-order valence-electron chi connectivity index (χ2n) is 11.4. The molecule has 2 amide bonds. The monoisotopic (exact) mass is 544 g/mol. The van der Waals surface area contributed by atoms with E-state index in [1.165, 1.54) is 4.90 Å². The molecule has 8 nitrogen and oxygen atoms in total. The molecule has 1 spiro atoms. The Kier molecular flexibility index (Phi) is 6.79. The third-order valence-electron chi connectivity index (χ3n) is 9.06. The summed E-state index contributed by atoms with van der Waals surface area (Å²) in [6.45, 7) is 3.94. The van der Waals surface area contributed by atoms with E-state index in [2.05, 4.69) is 0 Å². The van der Waals surface area contributed by atoms with Crippen LogP contribution in [0, 0.1) is 11.8 Å². The summed E-state index contributed by atoms with van der Waals surface area (Å²) in [5.74, 6) is -3.04. The van der Waals surface area contributed by atoms with E-state index in [9.17, 15) is 19.5 Å². The third-order valence-corrected chi connectivity index (χ3v) is 9.06. The lowest BCUT2D eigenvalue weighted by molar-refractivity contribution is -0.160. The molecule has 2 aromatic carbocycles. The second kappa shape index (κ2) is 10.2. The van der Waals surface area contributed by atoms with Crippen LogP contribution < -0.4 is 4.90 Å². The van der Waals surface area contributed by atoms with Crippen LogP contribution in [-0.2, 0) is 23.9 Å².